The molecule has 0 saturated carbocycles. The third-order valence-corrected chi connectivity index (χ3v) is 5.52. The van der Waals surface area contributed by atoms with E-state index in [1.54, 1.807) is 12.1 Å². The standard InChI is InChI=1S/C19H25BrN4O2/c1-14-4-2-3-9-23(14)11-8-21-18(25)7-10-24-13-22-17-6-5-15(20)12-16(17)19(24)26/h5-6,12-14H,2-4,7-11H2,1H3,(H,21,25). The fourth-order valence-corrected chi connectivity index (χ4v) is 3.79. The number of nitrogens with zero attached hydrogens (tertiary/aromatic N) is 3. The number of amides is 1. The first-order valence-corrected chi connectivity index (χ1v) is 9.99. The molecule has 1 unspecified atom stereocenters. The predicted octanol–water partition coefficient (Wildman–Crippen LogP) is 2.54. The summed E-state index contributed by atoms with van der Waals surface area (Å²) < 4.78 is 2.34. The Kier molecular flexibility index (Phi) is 6.43. The van der Waals surface area contributed by atoms with Gasteiger partial charge in [0.05, 0.1) is 17.2 Å². The summed E-state index contributed by atoms with van der Waals surface area (Å²) in [7, 11) is 0. The monoisotopic (exact) mass is 420 g/mol. The van der Waals surface area contributed by atoms with E-state index in [9.17, 15) is 9.59 Å². The number of carbonyl (C=O) groups is 1. The van der Waals surface area contributed by atoms with E-state index in [0.717, 1.165) is 17.6 Å². The van der Waals surface area contributed by atoms with Crippen molar-refractivity contribution in [3.63, 3.8) is 0 Å². The summed E-state index contributed by atoms with van der Waals surface area (Å²) in [6.45, 7) is 5.24. The average molecular weight is 421 g/mol. The molecule has 26 heavy (non-hydrogen) atoms. The lowest BCUT2D eigenvalue weighted by Crippen LogP contribution is -2.42. The Labute approximate surface area is 161 Å². The molecule has 3 rings (SSSR count). The molecule has 2 aromatic rings. The molecule has 1 N–H and O–H groups in total. The Hall–Kier alpha value is -1.73. The molecule has 1 atom stereocenters. The first-order chi connectivity index (χ1) is 12.5. The maximum Gasteiger partial charge on any atom is 0.261 e. The van der Waals surface area contributed by atoms with Gasteiger partial charge in [-0.15, -0.1) is 0 Å². The van der Waals surface area contributed by atoms with Gasteiger partial charge in [-0.1, -0.05) is 22.4 Å². The highest BCUT2D eigenvalue weighted by atomic mass is 79.9. The normalized spacial score (nSPS) is 18.2. The fraction of sp³-hybridized carbons (Fsp3) is 0.526. The van der Waals surface area contributed by atoms with Crippen molar-refractivity contribution < 1.29 is 4.79 Å². The van der Waals surface area contributed by atoms with Crippen LogP contribution in [0.3, 0.4) is 0 Å². The Morgan fingerprint density at radius 2 is 2.19 bits per heavy atom. The maximum atomic E-state index is 12.5. The smallest absolute Gasteiger partial charge is 0.261 e. The van der Waals surface area contributed by atoms with Crippen molar-refractivity contribution in [1.82, 2.24) is 19.8 Å². The largest absolute Gasteiger partial charge is 0.355 e. The number of rotatable bonds is 6. The molecule has 0 aliphatic carbocycles. The molecule has 1 fully saturated rings. The van der Waals surface area contributed by atoms with E-state index < -0.39 is 0 Å². The molecule has 1 aromatic heterocycles. The number of benzene rings is 1. The molecular weight excluding hydrogens is 396 g/mol. The number of likely N-dealkylation sites (tertiary alicyclic amines) is 1. The molecule has 140 valence electrons. The Morgan fingerprint density at radius 3 is 3.00 bits per heavy atom. The van der Waals surface area contributed by atoms with Crippen LogP contribution in [0, 0.1) is 0 Å². The molecule has 0 radical (unpaired) electrons. The lowest BCUT2D eigenvalue weighted by molar-refractivity contribution is -0.121. The summed E-state index contributed by atoms with van der Waals surface area (Å²) in [6.07, 6.45) is 5.57. The van der Waals surface area contributed by atoms with Crippen molar-refractivity contribution in [3.8, 4) is 0 Å². The molecule has 1 aliphatic rings. The molecular formula is C19H25BrN4O2. The summed E-state index contributed by atoms with van der Waals surface area (Å²) in [5.41, 5.74) is 0.542. The molecule has 1 amide bonds. The van der Waals surface area contributed by atoms with Crippen LogP contribution in [0.2, 0.25) is 0 Å². The van der Waals surface area contributed by atoms with Crippen LogP contribution >= 0.6 is 15.9 Å². The first-order valence-electron chi connectivity index (χ1n) is 9.20. The van der Waals surface area contributed by atoms with Crippen molar-refractivity contribution in [2.75, 3.05) is 19.6 Å². The van der Waals surface area contributed by atoms with Gasteiger partial charge < -0.3 is 5.32 Å². The third kappa shape index (κ3) is 4.71. The van der Waals surface area contributed by atoms with Crippen LogP contribution in [0.25, 0.3) is 10.9 Å². The Bertz CT molecular complexity index is 836. The van der Waals surface area contributed by atoms with Gasteiger partial charge in [-0.05, 0) is 44.5 Å². The van der Waals surface area contributed by atoms with E-state index in [4.69, 9.17) is 0 Å². The number of hydrogen-bond acceptors (Lipinski definition) is 4. The van der Waals surface area contributed by atoms with Crippen LogP contribution in [0.5, 0.6) is 0 Å². The van der Waals surface area contributed by atoms with Crippen LogP contribution in [0.15, 0.2) is 33.8 Å². The van der Waals surface area contributed by atoms with Crippen molar-refractivity contribution in [1.29, 1.82) is 0 Å². The molecule has 1 saturated heterocycles. The highest BCUT2D eigenvalue weighted by Crippen LogP contribution is 2.16. The third-order valence-electron chi connectivity index (χ3n) is 5.03. The van der Waals surface area contributed by atoms with Gasteiger partial charge in [0.15, 0.2) is 0 Å². The fourth-order valence-electron chi connectivity index (χ4n) is 3.43. The zero-order chi connectivity index (χ0) is 18.5. The number of hydrogen-bond donors (Lipinski definition) is 1. The van der Waals surface area contributed by atoms with Crippen molar-refractivity contribution >= 4 is 32.7 Å². The highest BCUT2D eigenvalue weighted by Gasteiger charge is 2.17. The lowest BCUT2D eigenvalue weighted by atomic mass is 10.0. The lowest BCUT2D eigenvalue weighted by Gasteiger charge is -2.33. The number of nitrogens with one attached hydrogen (secondary N) is 1. The van der Waals surface area contributed by atoms with Crippen LogP contribution in [0.1, 0.15) is 32.6 Å². The van der Waals surface area contributed by atoms with Gasteiger partial charge in [0.25, 0.3) is 5.56 Å². The minimum atomic E-state index is -0.119. The minimum Gasteiger partial charge on any atom is -0.355 e. The zero-order valence-electron chi connectivity index (χ0n) is 15.1. The minimum absolute atomic E-state index is 0.0316. The Balaban J connectivity index is 1.50. The summed E-state index contributed by atoms with van der Waals surface area (Å²) in [5, 5.41) is 3.52. The molecule has 6 nitrogen and oxygen atoms in total. The van der Waals surface area contributed by atoms with Crippen molar-refractivity contribution in [2.24, 2.45) is 0 Å². The SMILES string of the molecule is CC1CCCCN1CCNC(=O)CCn1cnc2ccc(Br)cc2c1=O. The van der Waals surface area contributed by atoms with Crippen LogP contribution in [-0.2, 0) is 11.3 Å². The van der Waals surface area contributed by atoms with Crippen molar-refractivity contribution in [3.05, 3.63) is 39.4 Å². The Morgan fingerprint density at radius 1 is 1.35 bits per heavy atom. The molecule has 0 bridgehead atoms. The van der Waals surface area contributed by atoms with E-state index in [1.165, 1.54) is 30.2 Å². The first kappa shape index (κ1) is 19.0. The van der Waals surface area contributed by atoms with E-state index in [-0.39, 0.29) is 17.9 Å². The summed E-state index contributed by atoms with van der Waals surface area (Å²) in [5.74, 6) is -0.0316. The number of aryl methyl sites for hydroxylation is 1. The number of fused-ring (bicyclic) bond motifs is 1. The predicted molar refractivity (Wildman–Crippen MR) is 106 cm³/mol. The van der Waals surface area contributed by atoms with Gasteiger partial charge in [0.1, 0.15) is 0 Å². The van der Waals surface area contributed by atoms with Crippen LogP contribution in [0.4, 0.5) is 0 Å². The topological polar surface area (TPSA) is 67.2 Å². The second-order valence-corrected chi connectivity index (χ2v) is 7.80. The van der Waals surface area contributed by atoms with E-state index in [2.05, 4.69) is 38.1 Å². The average Bonchev–Trinajstić information content (AvgIpc) is 2.63. The van der Waals surface area contributed by atoms with Gasteiger partial charge >= 0.3 is 0 Å². The molecule has 0 spiro atoms. The second kappa shape index (κ2) is 8.77. The van der Waals surface area contributed by atoms with Gasteiger partial charge in [-0.2, -0.15) is 0 Å². The molecule has 1 aliphatic heterocycles. The summed E-state index contributed by atoms with van der Waals surface area (Å²) in [6, 6.07) is 6.03. The number of halogens is 1. The van der Waals surface area contributed by atoms with Crippen LogP contribution in [-0.4, -0.2) is 46.0 Å². The van der Waals surface area contributed by atoms with Crippen molar-refractivity contribution in [2.45, 2.75) is 45.2 Å². The van der Waals surface area contributed by atoms with Gasteiger partial charge in [0, 0.05) is 36.6 Å². The highest BCUT2D eigenvalue weighted by molar-refractivity contribution is 9.10. The van der Waals surface area contributed by atoms with Gasteiger partial charge in [0.2, 0.25) is 5.91 Å². The summed E-state index contributed by atoms with van der Waals surface area (Å²) >= 11 is 3.37. The second-order valence-electron chi connectivity index (χ2n) is 6.89. The quantitative estimate of drug-likeness (QED) is 0.779. The van der Waals surface area contributed by atoms with E-state index in [1.807, 2.05) is 6.07 Å². The van der Waals surface area contributed by atoms with E-state index >= 15 is 0 Å². The van der Waals surface area contributed by atoms with Gasteiger partial charge in [-0.25, -0.2) is 4.98 Å². The van der Waals surface area contributed by atoms with E-state index in [0.29, 0.717) is 30.0 Å². The van der Waals surface area contributed by atoms with Crippen LogP contribution < -0.4 is 10.9 Å². The molecule has 1 aromatic carbocycles. The molecule has 2 heterocycles. The number of carbonyl (C=O) groups excluding carboxylic acids is 1. The number of aromatic nitrogens is 2. The molecule has 7 heteroatoms. The maximum absolute atomic E-state index is 12.5. The zero-order valence-corrected chi connectivity index (χ0v) is 16.7. The van der Waals surface area contributed by atoms with Gasteiger partial charge in [-0.3, -0.25) is 19.1 Å². The number of piperidine rings is 1. The summed E-state index contributed by atoms with van der Waals surface area (Å²) in [4.78, 5) is 31.3.